The van der Waals surface area contributed by atoms with Crippen molar-refractivity contribution < 1.29 is 14.3 Å². The predicted octanol–water partition coefficient (Wildman–Crippen LogP) is 4.71. The van der Waals surface area contributed by atoms with Gasteiger partial charge in [-0.15, -0.1) is 0 Å². The Bertz CT molecular complexity index is 994. The standard InChI is InChI=1S/C25H26N2O3/c1-18-15-19(2)17-23(16-18)30-14-13-27(3)25(29)21-9-11-22(12-10-21)26-24(28)20-7-5-4-6-8-20/h4-12,15-17H,13-14H2,1-3H3,(H,26,28). The molecule has 0 bridgehead atoms. The van der Waals surface area contributed by atoms with E-state index in [2.05, 4.69) is 11.4 Å². The van der Waals surface area contributed by atoms with Crippen molar-refractivity contribution in [3.8, 4) is 5.75 Å². The molecule has 0 aliphatic carbocycles. The molecule has 0 radical (unpaired) electrons. The Hall–Kier alpha value is -3.60. The number of anilines is 1. The van der Waals surface area contributed by atoms with Crippen LogP contribution in [0.25, 0.3) is 0 Å². The van der Waals surface area contributed by atoms with Crippen LogP contribution < -0.4 is 10.1 Å². The molecule has 0 saturated carbocycles. The van der Waals surface area contributed by atoms with Gasteiger partial charge in [-0.25, -0.2) is 0 Å². The fraction of sp³-hybridized carbons (Fsp3) is 0.200. The summed E-state index contributed by atoms with van der Waals surface area (Å²) >= 11 is 0. The van der Waals surface area contributed by atoms with Crippen LogP contribution in [0.2, 0.25) is 0 Å². The third kappa shape index (κ3) is 5.70. The second kappa shape index (κ2) is 9.74. The van der Waals surface area contributed by atoms with E-state index in [1.807, 2.05) is 44.2 Å². The van der Waals surface area contributed by atoms with Crippen LogP contribution in [0.4, 0.5) is 5.69 Å². The molecular weight excluding hydrogens is 376 g/mol. The molecule has 3 rings (SSSR count). The van der Waals surface area contributed by atoms with Crippen LogP contribution in [0.5, 0.6) is 5.75 Å². The van der Waals surface area contributed by atoms with E-state index in [9.17, 15) is 9.59 Å². The maximum absolute atomic E-state index is 12.6. The summed E-state index contributed by atoms with van der Waals surface area (Å²) in [6.07, 6.45) is 0. The summed E-state index contributed by atoms with van der Waals surface area (Å²) in [5, 5.41) is 2.83. The summed E-state index contributed by atoms with van der Waals surface area (Å²) in [7, 11) is 1.75. The van der Waals surface area contributed by atoms with Crippen molar-refractivity contribution in [2.24, 2.45) is 0 Å². The van der Waals surface area contributed by atoms with Crippen molar-refractivity contribution in [1.29, 1.82) is 0 Å². The summed E-state index contributed by atoms with van der Waals surface area (Å²) in [5.41, 5.74) is 4.08. The molecule has 0 atom stereocenters. The second-order valence-electron chi connectivity index (χ2n) is 7.30. The van der Waals surface area contributed by atoms with E-state index in [4.69, 9.17) is 4.74 Å². The number of aryl methyl sites for hydroxylation is 2. The van der Waals surface area contributed by atoms with Crippen molar-refractivity contribution in [1.82, 2.24) is 4.90 Å². The van der Waals surface area contributed by atoms with Crippen molar-refractivity contribution in [3.05, 3.63) is 95.1 Å². The zero-order valence-corrected chi connectivity index (χ0v) is 17.5. The van der Waals surface area contributed by atoms with Crippen LogP contribution in [0.15, 0.2) is 72.8 Å². The van der Waals surface area contributed by atoms with Gasteiger partial charge in [0.25, 0.3) is 11.8 Å². The number of nitrogens with zero attached hydrogens (tertiary/aromatic N) is 1. The molecule has 0 saturated heterocycles. The van der Waals surface area contributed by atoms with E-state index in [0.29, 0.717) is 30.0 Å². The normalized spacial score (nSPS) is 10.4. The molecule has 0 aliphatic rings. The number of carbonyl (C=O) groups is 2. The lowest BCUT2D eigenvalue weighted by Crippen LogP contribution is -2.30. The van der Waals surface area contributed by atoms with Gasteiger partial charge in [-0.3, -0.25) is 9.59 Å². The SMILES string of the molecule is Cc1cc(C)cc(OCCN(C)C(=O)c2ccc(NC(=O)c3ccccc3)cc2)c1. The molecule has 5 nitrogen and oxygen atoms in total. The van der Waals surface area contributed by atoms with E-state index in [0.717, 1.165) is 16.9 Å². The predicted molar refractivity (Wildman–Crippen MR) is 119 cm³/mol. The Balaban J connectivity index is 1.52. The molecular formula is C25H26N2O3. The minimum Gasteiger partial charge on any atom is -0.492 e. The van der Waals surface area contributed by atoms with Crippen LogP contribution in [0.3, 0.4) is 0 Å². The molecule has 0 fully saturated rings. The maximum atomic E-state index is 12.6. The number of ether oxygens (including phenoxy) is 1. The van der Waals surface area contributed by atoms with Crippen LogP contribution >= 0.6 is 0 Å². The van der Waals surface area contributed by atoms with E-state index in [1.165, 1.54) is 0 Å². The minimum absolute atomic E-state index is 0.0973. The molecule has 0 heterocycles. The average Bonchev–Trinajstić information content (AvgIpc) is 2.73. The van der Waals surface area contributed by atoms with Gasteiger partial charge >= 0.3 is 0 Å². The van der Waals surface area contributed by atoms with Gasteiger partial charge in [0.2, 0.25) is 0 Å². The fourth-order valence-electron chi connectivity index (χ4n) is 3.13. The molecule has 0 aromatic heterocycles. The number of likely N-dealkylation sites (N-methyl/N-ethyl adjacent to an activating group) is 1. The number of hydrogen-bond donors (Lipinski definition) is 1. The first-order valence-corrected chi connectivity index (χ1v) is 9.85. The lowest BCUT2D eigenvalue weighted by atomic mass is 10.1. The fourth-order valence-corrected chi connectivity index (χ4v) is 3.13. The highest BCUT2D eigenvalue weighted by molar-refractivity contribution is 6.04. The first kappa shape index (κ1) is 21.1. The van der Waals surface area contributed by atoms with E-state index in [-0.39, 0.29) is 11.8 Å². The Labute approximate surface area is 177 Å². The highest BCUT2D eigenvalue weighted by Crippen LogP contribution is 2.16. The molecule has 3 aromatic rings. The summed E-state index contributed by atoms with van der Waals surface area (Å²) in [5.74, 6) is 0.530. The number of rotatable bonds is 7. The van der Waals surface area contributed by atoms with Gasteiger partial charge in [0.1, 0.15) is 12.4 Å². The largest absolute Gasteiger partial charge is 0.492 e. The van der Waals surface area contributed by atoms with Gasteiger partial charge in [-0.2, -0.15) is 0 Å². The number of carbonyl (C=O) groups excluding carboxylic acids is 2. The van der Waals surface area contributed by atoms with Crippen molar-refractivity contribution >= 4 is 17.5 Å². The molecule has 2 amide bonds. The van der Waals surface area contributed by atoms with Gasteiger partial charge in [-0.05, 0) is 73.5 Å². The Morgan fingerprint density at radius 3 is 2.13 bits per heavy atom. The van der Waals surface area contributed by atoms with Gasteiger partial charge in [0, 0.05) is 23.9 Å². The molecule has 30 heavy (non-hydrogen) atoms. The van der Waals surface area contributed by atoms with E-state index < -0.39 is 0 Å². The summed E-state index contributed by atoms with van der Waals surface area (Å²) < 4.78 is 5.79. The first-order chi connectivity index (χ1) is 14.4. The lowest BCUT2D eigenvalue weighted by Gasteiger charge is -2.18. The topological polar surface area (TPSA) is 58.6 Å². The lowest BCUT2D eigenvalue weighted by molar-refractivity contribution is 0.0773. The quantitative estimate of drug-likeness (QED) is 0.623. The number of hydrogen-bond acceptors (Lipinski definition) is 3. The van der Waals surface area contributed by atoms with Gasteiger partial charge in [-0.1, -0.05) is 24.3 Å². The van der Waals surface area contributed by atoms with E-state index in [1.54, 1.807) is 48.3 Å². The molecule has 5 heteroatoms. The smallest absolute Gasteiger partial charge is 0.255 e. The first-order valence-electron chi connectivity index (χ1n) is 9.85. The number of benzene rings is 3. The van der Waals surface area contributed by atoms with Crippen LogP contribution in [-0.2, 0) is 0 Å². The van der Waals surface area contributed by atoms with Crippen LogP contribution in [-0.4, -0.2) is 36.9 Å². The monoisotopic (exact) mass is 402 g/mol. The Kier molecular flexibility index (Phi) is 6.86. The molecule has 0 spiro atoms. The summed E-state index contributed by atoms with van der Waals surface area (Å²) in [6.45, 7) is 4.94. The van der Waals surface area contributed by atoms with E-state index >= 15 is 0 Å². The zero-order valence-electron chi connectivity index (χ0n) is 17.5. The van der Waals surface area contributed by atoms with Gasteiger partial charge in [0.05, 0.1) is 6.54 Å². The summed E-state index contributed by atoms with van der Waals surface area (Å²) in [6, 6.07) is 21.9. The molecule has 1 N–H and O–H groups in total. The van der Waals surface area contributed by atoms with Gasteiger partial charge in [0.15, 0.2) is 0 Å². The van der Waals surface area contributed by atoms with Crippen LogP contribution in [0, 0.1) is 13.8 Å². The average molecular weight is 402 g/mol. The number of amides is 2. The highest BCUT2D eigenvalue weighted by Gasteiger charge is 2.12. The van der Waals surface area contributed by atoms with Crippen LogP contribution in [0.1, 0.15) is 31.8 Å². The minimum atomic E-state index is -0.185. The maximum Gasteiger partial charge on any atom is 0.255 e. The molecule has 0 aliphatic heterocycles. The molecule has 154 valence electrons. The summed E-state index contributed by atoms with van der Waals surface area (Å²) in [4.78, 5) is 26.5. The zero-order chi connectivity index (χ0) is 21.5. The second-order valence-corrected chi connectivity index (χ2v) is 7.30. The van der Waals surface area contributed by atoms with Crippen molar-refractivity contribution in [2.45, 2.75) is 13.8 Å². The molecule has 0 unspecified atom stereocenters. The Morgan fingerprint density at radius 1 is 0.867 bits per heavy atom. The van der Waals surface area contributed by atoms with Crippen molar-refractivity contribution in [3.63, 3.8) is 0 Å². The Morgan fingerprint density at radius 2 is 1.50 bits per heavy atom. The highest BCUT2D eigenvalue weighted by atomic mass is 16.5. The number of nitrogens with one attached hydrogen (secondary N) is 1. The third-order valence-electron chi connectivity index (χ3n) is 4.66. The third-order valence-corrected chi connectivity index (χ3v) is 4.66. The molecule has 3 aromatic carbocycles. The van der Waals surface area contributed by atoms with Gasteiger partial charge < -0.3 is 15.0 Å². The van der Waals surface area contributed by atoms with Crippen molar-refractivity contribution in [2.75, 3.05) is 25.5 Å².